The van der Waals surface area contributed by atoms with Crippen LogP contribution >= 0.6 is 11.3 Å². The van der Waals surface area contributed by atoms with Crippen molar-refractivity contribution in [2.24, 2.45) is 7.05 Å². The van der Waals surface area contributed by atoms with Crippen molar-refractivity contribution in [3.8, 4) is 0 Å². The number of nitrogens with one attached hydrogen (secondary N) is 1. The number of anilines is 2. The molecule has 1 aliphatic heterocycles. The van der Waals surface area contributed by atoms with Crippen molar-refractivity contribution in [2.75, 3.05) is 11.9 Å². The first-order chi connectivity index (χ1) is 13.9. The number of nitrogens with zero attached hydrogens (tertiary/aromatic N) is 5. The molecule has 0 saturated carbocycles. The molecule has 8 nitrogen and oxygen atoms in total. The van der Waals surface area contributed by atoms with Gasteiger partial charge in [0.2, 0.25) is 0 Å². The van der Waals surface area contributed by atoms with Gasteiger partial charge in [0.1, 0.15) is 11.5 Å². The molecule has 0 radical (unpaired) electrons. The van der Waals surface area contributed by atoms with Crippen LogP contribution < -0.4 is 10.9 Å². The summed E-state index contributed by atoms with van der Waals surface area (Å²) in [5.41, 5.74) is 1.86. The van der Waals surface area contributed by atoms with E-state index >= 15 is 0 Å². The molecule has 1 saturated heterocycles. The summed E-state index contributed by atoms with van der Waals surface area (Å²) in [6.45, 7) is 4.66. The first-order valence-corrected chi connectivity index (χ1v) is 10.3. The summed E-state index contributed by atoms with van der Waals surface area (Å²) in [4.78, 5) is 36.8. The van der Waals surface area contributed by atoms with Crippen LogP contribution in [0.25, 0.3) is 0 Å². The van der Waals surface area contributed by atoms with Crippen LogP contribution in [0.15, 0.2) is 35.1 Å². The lowest BCUT2D eigenvalue weighted by Crippen LogP contribution is -2.33. The van der Waals surface area contributed by atoms with Crippen molar-refractivity contribution in [1.29, 1.82) is 0 Å². The van der Waals surface area contributed by atoms with E-state index < -0.39 is 0 Å². The lowest BCUT2D eigenvalue weighted by Gasteiger charge is -2.24. The first kappa shape index (κ1) is 19.3. The van der Waals surface area contributed by atoms with E-state index in [2.05, 4.69) is 15.4 Å². The minimum atomic E-state index is -0.243. The van der Waals surface area contributed by atoms with E-state index in [-0.39, 0.29) is 23.2 Å². The monoisotopic (exact) mass is 410 g/mol. The van der Waals surface area contributed by atoms with Crippen LogP contribution in [-0.2, 0) is 7.05 Å². The number of likely N-dealkylation sites (tertiary alicyclic amines) is 1. The smallest absolute Gasteiger partial charge is 0.274 e. The standard InChI is InChI=1S/C20H22N6O2S/c1-12-13(2)29-20(21-12)23-17-8-4-6-14(22-17)16-7-5-11-26(16)19(28)15-9-10-18(27)25(3)24-15/h4,6,8-10,16H,5,7,11H2,1-3H3,(H,21,22,23). The molecule has 1 N–H and O–H groups in total. The largest absolute Gasteiger partial charge is 0.329 e. The predicted molar refractivity (Wildman–Crippen MR) is 112 cm³/mol. The Morgan fingerprint density at radius 2 is 2.03 bits per heavy atom. The maximum Gasteiger partial charge on any atom is 0.274 e. The molecular formula is C20H22N6O2S. The number of hydrogen-bond donors (Lipinski definition) is 1. The average molecular weight is 411 g/mol. The Labute approximate surface area is 172 Å². The zero-order valence-corrected chi connectivity index (χ0v) is 17.4. The highest BCUT2D eigenvalue weighted by Crippen LogP contribution is 2.33. The fourth-order valence-corrected chi connectivity index (χ4v) is 4.24. The summed E-state index contributed by atoms with van der Waals surface area (Å²) in [7, 11) is 1.54. The third-order valence-corrected chi connectivity index (χ3v) is 6.06. The number of pyridine rings is 1. The van der Waals surface area contributed by atoms with Gasteiger partial charge in [0.15, 0.2) is 5.13 Å². The molecule has 1 atom stereocenters. The predicted octanol–water partition coefficient (Wildman–Crippen LogP) is 2.97. The SMILES string of the molecule is Cc1nc(Nc2cccc(C3CCCN3C(=O)c3ccc(=O)n(C)n3)n2)sc1C. The molecule has 0 aromatic carbocycles. The van der Waals surface area contributed by atoms with Gasteiger partial charge in [-0.1, -0.05) is 6.07 Å². The van der Waals surface area contributed by atoms with Crippen LogP contribution in [-0.4, -0.2) is 37.1 Å². The highest BCUT2D eigenvalue weighted by molar-refractivity contribution is 7.15. The Morgan fingerprint density at radius 3 is 2.76 bits per heavy atom. The lowest BCUT2D eigenvalue weighted by atomic mass is 10.1. The number of thiazole rings is 1. The molecule has 4 rings (SSSR count). The van der Waals surface area contributed by atoms with Crippen molar-refractivity contribution < 1.29 is 4.79 Å². The highest BCUT2D eigenvalue weighted by Gasteiger charge is 2.32. The highest BCUT2D eigenvalue weighted by atomic mass is 32.1. The van der Waals surface area contributed by atoms with E-state index in [9.17, 15) is 9.59 Å². The molecule has 3 aromatic rings. The van der Waals surface area contributed by atoms with Crippen molar-refractivity contribution in [1.82, 2.24) is 24.6 Å². The molecular weight excluding hydrogens is 388 g/mol. The minimum absolute atomic E-state index is 0.122. The second kappa shape index (κ2) is 7.75. The van der Waals surface area contributed by atoms with Crippen LogP contribution in [0.3, 0.4) is 0 Å². The maximum atomic E-state index is 13.0. The third kappa shape index (κ3) is 3.91. The number of amides is 1. The Kier molecular flexibility index (Phi) is 5.14. The number of hydrogen-bond acceptors (Lipinski definition) is 7. The molecule has 0 spiro atoms. The van der Waals surface area contributed by atoms with E-state index in [0.29, 0.717) is 12.4 Å². The van der Waals surface area contributed by atoms with Gasteiger partial charge in [-0.25, -0.2) is 14.6 Å². The van der Waals surface area contributed by atoms with E-state index in [1.165, 1.54) is 21.7 Å². The van der Waals surface area contributed by atoms with Crippen molar-refractivity contribution in [2.45, 2.75) is 32.7 Å². The summed E-state index contributed by atoms with van der Waals surface area (Å²) in [6, 6.07) is 8.50. The second-order valence-corrected chi connectivity index (χ2v) is 8.27. The van der Waals surface area contributed by atoms with Crippen LogP contribution in [0.1, 0.15) is 45.6 Å². The van der Waals surface area contributed by atoms with Gasteiger partial charge < -0.3 is 10.2 Å². The van der Waals surface area contributed by atoms with Crippen molar-refractivity contribution in [3.05, 3.63) is 62.6 Å². The quantitative estimate of drug-likeness (QED) is 0.711. The number of rotatable bonds is 4. The topological polar surface area (TPSA) is 93.0 Å². The maximum absolute atomic E-state index is 13.0. The van der Waals surface area contributed by atoms with Crippen molar-refractivity contribution >= 4 is 28.2 Å². The Morgan fingerprint density at radius 1 is 1.21 bits per heavy atom. The van der Waals surface area contributed by atoms with E-state index in [1.54, 1.807) is 23.3 Å². The number of carbonyl (C=O) groups is 1. The molecule has 1 aliphatic rings. The molecule has 9 heteroatoms. The number of carbonyl (C=O) groups excluding carboxylic acids is 1. The van der Waals surface area contributed by atoms with Crippen LogP contribution in [0.2, 0.25) is 0 Å². The summed E-state index contributed by atoms with van der Waals surface area (Å²) in [6.07, 6.45) is 1.73. The third-order valence-electron chi connectivity index (χ3n) is 5.07. The van der Waals surface area contributed by atoms with Gasteiger partial charge in [-0.3, -0.25) is 9.59 Å². The van der Waals surface area contributed by atoms with Gasteiger partial charge in [0.05, 0.1) is 17.4 Å². The van der Waals surface area contributed by atoms with Crippen molar-refractivity contribution in [3.63, 3.8) is 0 Å². The fourth-order valence-electron chi connectivity index (χ4n) is 3.42. The van der Waals surface area contributed by atoms with Gasteiger partial charge in [0.25, 0.3) is 11.5 Å². The zero-order chi connectivity index (χ0) is 20.5. The Balaban J connectivity index is 1.57. The summed E-state index contributed by atoms with van der Waals surface area (Å²) in [5, 5.41) is 8.17. The van der Waals surface area contributed by atoms with Gasteiger partial charge in [-0.2, -0.15) is 5.10 Å². The van der Waals surface area contributed by atoms with E-state index in [1.807, 2.05) is 32.0 Å². The van der Waals surface area contributed by atoms with Crippen LogP contribution in [0.4, 0.5) is 10.9 Å². The normalized spacial score (nSPS) is 16.2. The Hall–Kier alpha value is -3.07. The molecule has 3 aromatic heterocycles. The summed E-state index contributed by atoms with van der Waals surface area (Å²) in [5.74, 6) is 0.519. The first-order valence-electron chi connectivity index (χ1n) is 9.46. The van der Waals surface area contributed by atoms with Gasteiger partial charge in [-0.05, 0) is 44.9 Å². The number of aromatic nitrogens is 4. The zero-order valence-electron chi connectivity index (χ0n) is 16.5. The fraction of sp³-hybridized carbons (Fsp3) is 0.350. The molecule has 150 valence electrons. The van der Waals surface area contributed by atoms with Crippen LogP contribution in [0, 0.1) is 13.8 Å². The van der Waals surface area contributed by atoms with Gasteiger partial charge in [-0.15, -0.1) is 11.3 Å². The summed E-state index contributed by atoms with van der Waals surface area (Å²) >= 11 is 1.59. The van der Waals surface area contributed by atoms with Gasteiger partial charge in [0, 0.05) is 24.5 Å². The van der Waals surface area contributed by atoms with Crippen LogP contribution in [0.5, 0.6) is 0 Å². The minimum Gasteiger partial charge on any atom is -0.329 e. The molecule has 1 fully saturated rings. The number of aryl methyl sites for hydroxylation is 3. The lowest BCUT2D eigenvalue weighted by molar-refractivity contribution is 0.0724. The van der Waals surface area contributed by atoms with E-state index in [4.69, 9.17) is 4.98 Å². The molecule has 0 bridgehead atoms. The van der Waals surface area contributed by atoms with E-state index in [0.717, 1.165) is 29.4 Å². The molecule has 1 unspecified atom stereocenters. The molecule has 1 amide bonds. The molecule has 4 heterocycles. The molecule has 29 heavy (non-hydrogen) atoms. The molecule has 0 aliphatic carbocycles. The second-order valence-electron chi connectivity index (χ2n) is 7.07. The Bertz CT molecular complexity index is 1100. The summed E-state index contributed by atoms with van der Waals surface area (Å²) < 4.78 is 1.18. The average Bonchev–Trinajstić information content (AvgIpc) is 3.30. The van der Waals surface area contributed by atoms with Gasteiger partial charge >= 0.3 is 0 Å².